The second-order valence-corrected chi connectivity index (χ2v) is 5.34. The number of carbonyl (C=O) groups excluding carboxylic acids is 2. The van der Waals surface area contributed by atoms with Gasteiger partial charge in [0.15, 0.2) is 5.78 Å². The minimum atomic E-state index is -4.48. The fraction of sp³-hybridized carbons (Fsp3) is 0.818. The van der Waals surface area contributed by atoms with Crippen molar-refractivity contribution in [1.82, 2.24) is 4.90 Å². The number of rotatable bonds is 0. The number of halogens is 3. The SMILES string of the molecule is CC(C)(C)OC(=O)N1CC(=O)CC(C(F)(F)F)C1. The van der Waals surface area contributed by atoms with Gasteiger partial charge in [0.2, 0.25) is 0 Å². The number of amides is 1. The summed E-state index contributed by atoms with van der Waals surface area (Å²) in [4.78, 5) is 23.7. The van der Waals surface area contributed by atoms with Gasteiger partial charge in [-0.2, -0.15) is 13.2 Å². The highest BCUT2D eigenvalue weighted by atomic mass is 19.4. The van der Waals surface area contributed by atoms with Gasteiger partial charge in [-0.15, -0.1) is 0 Å². The fourth-order valence-corrected chi connectivity index (χ4v) is 1.63. The first kappa shape index (κ1) is 14.8. The fourth-order valence-electron chi connectivity index (χ4n) is 1.63. The van der Waals surface area contributed by atoms with E-state index < -0.39 is 42.5 Å². The average Bonchev–Trinajstić information content (AvgIpc) is 2.12. The number of hydrogen-bond acceptors (Lipinski definition) is 3. The van der Waals surface area contributed by atoms with Crippen LogP contribution in [0.1, 0.15) is 27.2 Å². The molecule has 0 aromatic carbocycles. The van der Waals surface area contributed by atoms with Crippen molar-refractivity contribution >= 4 is 11.9 Å². The molecular weight excluding hydrogens is 251 g/mol. The number of ether oxygens (including phenoxy) is 1. The van der Waals surface area contributed by atoms with E-state index in [9.17, 15) is 22.8 Å². The largest absolute Gasteiger partial charge is 0.444 e. The maximum absolute atomic E-state index is 12.6. The van der Waals surface area contributed by atoms with E-state index in [2.05, 4.69) is 0 Å². The summed E-state index contributed by atoms with van der Waals surface area (Å²) in [7, 11) is 0. The lowest BCUT2D eigenvalue weighted by molar-refractivity contribution is -0.187. The van der Waals surface area contributed by atoms with Gasteiger partial charge in [-0.25, -0.2) is 4.79 Å². The van der Waals surface area contributed by atoms with E-state index >= 15 is 0 Å². The van der Waals surface area contributed by atoms with Crippen LogP contribution >= 0.6 is 0 Å². The molecule has 1 rings (SSSR count). The summed E-state index contributed by atoms with van der Waals surface area (Å²) in [6, 6.07) is 0. The second kappa shape index (κ2) is 4.78. The van der Waals surface area contributed by atoms with Crippen LogP contribution in [0.5, 0.6) is 0 Å². The van der Waals surface area contributed by atoms with Crippen molar-refractivity contribution in [1.29, 1.82) is 0 Å². The lowest BCUT2D eigenvalue weighted by atomic mass is 9.97. The maximum Gasteiger partial charge on any atom is 0.410 e. The molecule has 18 heavy (non-hydrogen) atoms. The minimum Gasteiger partial charge on any atom is -0.444 e. The molecule has 0 aliphatic carbocycles. The van der Waals surface area contributed by atoms with Gasteiger partial charge in [-0.1, -0.05) is 0 Å². The van der Waals surface area contributed by atoms with Crippen LogP contribution in [0.15, 0.2) is 0 Å². The Kier molecular flexibility index (Phi) is 3.92. The number of nitrogens with zero attached hydrogens (tertiary/aromatic N) is 1. The zero-order chi connectivity index (χ0) is 14.1. The van der Waals surface area contributed by atoms with Gasteiger partial charge in [0, 0.05) is 13.0 Å². The van der Waals surface area contributed by atoms with Crippen LogP contribution in [0.3, 0.4) is 0 Å². The van der Waals surface area contributed by atoms with Crippen molar-refractivity contribution in [2.45, 2.75) is 39.0 Å². The molecule has 1 aliphatic heterocycles. The van der Waals surface area contributed by atoms with E-state index in [1.54, 1.807) is 20.8 Å². The topological polar surface area (TPSA) is 46.6 Å². The monoisotopic (exact) mass is 267 g/mol. The van der Waals surface area contributed by atoms with Gasteiger partial charge >= 0.3 is 12.3 Å². The van der Waals surface area contributed by atoms with E-state index in [1.807, 2.05) is 0 Å². The van der Waals surface area contributed by atoms with Gasteiger partial charge in [-0.05, 0) is 20.8 Å². The normalized spacial score (nSPS) is 22.0. The highest BCUT2D eigenvalue weighted by molar-refractivity contribution is 5.85. The molecule has 0 bridgehead atoms. The first-order chi connectivity index (χ1) is 7.99. The van der Waals surface area contributed by atoms with Crippen LogP contribution in [-0.2, 0) is 9.53 Å². The molecule has 0 aromatic heterocycles. The summed E-state index contributed by atoms with van der Waals surface area (Å²) >= 11 is 0. The second-order valence-electron chi connectivity index (χ2n) is 5.34. The van der Waals surface area contributed by atoms with Crippen LogP contribution in [0.4, 0.5) is 18.0 Å². The number of likely N-dealkylation sites (tertiary alicyclic amines) is 1. The summed E-state index contributed by atoms with van der Waals surface area (Å²) in [5.74, 6) is -2.40. The molecule has 1 heterocycles. The van der Waals surface area contributed by atoms with E-state index in [1.165, 1.54) is 0 Å². The van der Waals surface area contributed by atoms with Crippen molar-refractivity contribution < 1.29 is 27.5 Å². The molecular formula is C11H16F3NO3. The molecule has 1 fully saturated rings. The molecule has 1 amide bonds. The van der Waals surface area contributed by atoms with Crippen LogP contribution in [0.2, 0.25) is 0 Å². The number of piperidine rings is 1. The summed E-state index contributed by atoms with van der Waals surface area (Å²) in [5, 5.41) is 0. The predicted molar refractivity (Wildman–Crippen MR) is 57.0 cm³/mol. The Balaban J connectivity index is 2.72. The summed E-state index contributed by atoms with van der Waals surface area (Å²) in [5.41, 5.74) is -0.800. The summed E-state index contributed by atoms with van der Waals surface area (Å²) in [6.45, 7) is 3.99. The number of Topliss-reactive ketones (excluding diaryl/α,β-unsaturated/α-hetero) is 1. The molecule has 0 N–H and O–H groups in total. The smallest absolute Gasteiger partial charge is 0.410 e. The Morgan fingerprint density at radius 2 is 1.89 bits per heavy atom. The third-order valence-electron chi connectivity index (χ3n) is 2.40. The Labute approximate surface area is 103 Å². The zero-order valence-electron chi connectivity index (χ0n) is 10.5. The van der Waals surface area contributed by atoms with Crippen molar-refractivity contribution in [3.8, 4) is 0 Å². The average molecular weight is 267 g/mol. The molecule has 1 atom stereocenters. The Bertz CT molecular complexity index is 346. The van der Waals surface area contributed by atoms with Gasteiger partial charge in [-0.3, -0.25) is 4.79 Å². The molecule has 1 unspecified atom stereocenters. The van der Waals surface area contributed by atoms with E-state index in [-0.39, 0.29) is 6.54 Å². The number of alkyl halides is 3. The Morgan fingerprint density at radius 3 is 2.33 bits per heavy atom. The minimum absolute atomic E-state index is 0.318. The van der Waals surface area contributed by atoms with Crippen molar-refractivity contribution in [3.63, 3.8) is 0 Å². The molecule has 1 saturated heterocycles. The Hall–Kier alpha value is -1.27. The van der Waals surface area contributed by atoms with Gasteiger partial charge < -0.3 is 9.64 Å². The van der Waals surface area contributed by atoms with Crippen LogP contribution in [0, 0.1) is 5.92 Å². The van der Waals surface area contributed by atoms with Crippen molar-refractivity contribution in [2.75, 3.05) is 13.1 Å². The van der Waals surface area contributed by atoms with E-state index in [0.29, 0.717) is 0 Å². The molecule has 0 radical (unpaired) electrons. The maximum atomic E-state index is 12.6. The van der Waals surface area contributed by atoms with Gasteiger partial charge in [0.05, 0.1) is 12.5 Å². The highest BCUT2D eigenvalue weighted by Crippen LogP contribution is 2.32. The first-order valence-electron chi connectivity index (χ1n) is 5.55. The molecule has 104 valence electrons. The van der Waals surface area contributed by atoms with E-state index in [4.69, 9.17) is 4.74 Å². The lowest BCUT2D eigenvalue weighted by Crippen LogP contribution is -2.49. The molecule has 0 saturated carbocycles. The van der Waals surface area contributed by atoms with Crippen LogP contribution in [0.25, 0.3) is 0 Å². The number of carbonyl (C=O) groups is 2. The van der Waals surface area contributed by atoms with Gasteiger partial charge in [0.25, 0.3) is 0 Å². The Morgan fingerprint density at radius 1 is 1.33 bits per heavy atom. The van der Waals surface area contributed by atoms with Crippen LogP contribution in [-0.4, -0.2) is 41.6 Å². The highest BCUT2D eigenvalue weighted by Gasteiger charge is 2.45. The molecule has 7 heteroatoms. The third-order valence-corrected chi connectivity index (χ3v) is 2.40. The lowest BCUT2D eigenvalue weighted by Gasteiger charge is -2.34. The quantitative estimate of drug-likeness (QED) is 0.677. The van der Waals surface area contributed by atoms with Crippen molar-refractivity contribution in [3.05, 3.63) is 0 Å². The molecule has 0 spiro atoms. The molecule has 0 aromatic rings. The van der Waals surface area contributed by atoms with Crippen molar-refractivity contribution in [2.24, 2.45) is 5.92 Å². The number of ketones is 1. The predicted octanol–water partition coefficient (Wildman–Crippen LogP) is 2.37. The zero-order valence-corrected chi connectivity index (χ0v) is 10.5. The van der Waals surface area contributed by atoms with Crippen LogP contribution < -0.4 is 0 Å². The van der Waals surface area contributed by atoms with Gasteiger partial charge in [0.1, 0.15) is 5.60 Å². The van der Waals surface area contributed by atoms with E-state index in [0.717, 1.165) is 4.90 Å². The third kappa shape index (κ3) is 4.19. The molecule has 4 nitrogen and oxygen atoms in total. The number of hydrogen-bond donors (Lipinski definition) is 0. The summed E-state index contributed by atoms with van der Waals surface area (Å²) < 4.78 is 42.6. The first-order valence-corrected chi connectivity index (χ1v) is 5.55. The molecule has 1 aliphatic rings. The summed E-state index contributed by atoms with van der Waals surface area (Å²) in [6.07, 6.45) is -5.93. The standard InChI is InChI=1S/C11H16F3NO3/c1-10(2,3)18-9(17)15-5-7(11(12,13)14)4-8(16)6-15/h7H,4-6H2,1-3H3.